The van der Waals surface area contributed by atoms with E-state index in [1.165, 1.54) is 0 Å². The number of carbonyl (C=O) groups is 2. The van der Waals surface area contributed by atoms with Gasteiger partial charge in [0.2, 0.25) is 5.91 Å². The van der Waals surface area contributed by atoms with Gasteiger partial charge in [-0.05, 0) is 55.5 Å². The van der Waals surface area contributed by atoms with Crippen LogP contribution in [0.4, 0.5) is 10.5 Å². The predicted octanol–water partition coefficient (Wildman–Crippen LogP) is 4.45. The van der Waals surface area contributed by atoms with Crippen LogP contribution >= 0.6 is 11.8 Å². The van der Waals surface area contributed by atoms with Crippen LogP contribution in [0.25, 0.3) is 0 Å². The number of unbranched alkanes of at least 4 members (excludes halogenated alkanes) is 1. The van der Waals surface area contributed by atoms with E-state index < -0.39 is 0 Å². The number of thioether (sulfide) groups is 1. The highest BCUT2D eigenvalue weighted by atomic mass is 32.2. The summed E-state index contributed by atoms with van der Waals surface area (Å²) in [7, 11) is 3.61. The minimum absolute atomic E-state index is 0.0343. The van der Waals surface area contributed by atoms with E-state index in [9.17, 15) is 9.59 Å². The van der Waals surface area contributed by atoms with Crippen LogP contribution in [0, 0.1) is 0 Å². The Morgan fingerprint density at radius 3 is 2.41 bits per heavy atom. The number of nitrogens with zero attached hydrogens (tertiary/aromatic N) is 3. The molecule has 1 aromatic heterocycles. The van der Waals surface area contributed by atoms with Gasteiger partial charge in [0.1, 0.15) is 6.54 Å². The van der Waals surface area contributed by atoms with E-state index in [1.807, 2.05) is 65.4 Å². The molecule has 0 aliphatic rings. The van der Waals surface area contributed by atoms with E-state index in [1.54, 1.807) is 23.8 Å². The third-order valence-corrected chi connectivity index (χ3v) is 6.01. The Morgan fingerprint density at radius 2 is 1.81 bits per heavy atom. The van der Waals surface area contributed by atoms with Gasteiger partial charge in [-0.2, -0.15) is 0 Å². The molecule has 0 aliphatic heterocycles. The molecular weight excluding hydrogens is 424 g/mol. The first-order valence-electron chi connectivity index (χ1n) is 11.0. The molecule has 176 valence electrons. The maximum atomic E-state index is 13.2. The van der Waals surface area contributed by atoms with Gasteiger partial charge in [-0.15, -0.1) is 11.8 Å². The molecule has 0 saturated heterocycles. The number of urea groups is 1. The number of hydrogen-bond acceptors (Lipinski definition) is 4. The van der Waals surface area contributed by atoms with Crippen LogP contribution in [0.1, 0.15) is 31.9 Å². The summed E-state index contributed by atoms with van der Waals surface area (Å²) in [4.78, 5) is 30.8. The summed E-state index contributed by atoms with van der Waals surface area (Å²) >= 11 is 1.65. The number of amides is 3. The lowest BCUT2D eigenvalue weighted by Crippen LogP contribution is -2.45. The van der Waals surface area contributed by atoms with Gasteiger partial charge in [0.25, 0.3) is 0 Å². The van der Waals surface area contributed by atoms with Crippen molar-refractivity contribution in [2.75, 3.05) is 44.9 Å². The third-order valence-electron chi connectivity index (χ3n) is 5.27. The summed E-state index contributed by atoms with van der Waals surface area (Å²) in [6.07, 6.45) is 6.57. The van der Waals surface area contributed by atoms with Crippen molar-refractivity contribution >= 4 is 29.4 Å². The van der Waals surface area contributed by atoms with Crippen molar-refractivity contribution in [3.8, 4) is 0 Å². The van der Waals surface area contributed by atoms with Crippen LogP contribution in [0.3, 0.4) is 0 Å². The van der Waals surface area contributed by atoms with Crippen LogP contribution < -0.4 is 5.32 Å². The minimum atomic E-state index is -0.277. The Labute approximate surface area is 196 Å². The number of carbonyl (C=O) groups excluding carboxylic acids is 2. The first kappa shape index (κ1) is 25.8. The first-order chi connectivity index (χ1) is 15.5. The molecule has 0 radical (unpaired) electrons. The van der Waals surface area contributed by atoms with E-state index in [-0.39, 0.29) is 18.5 Å². The van der Waals surface area contributed by atoms with Crippen molar-refractivity contribution in [3.63, 3.8) is 0 Å². The van der Waals surface area contributed by atoms with E-state index in [0.29, 0.717) is 38.3 Å². The fraction of sp³-hybridized carbons (Fsp3) is 0.500. The lowest BCUT2D eigenvalue weighted by molar-refractivity contribution is -0.132. The molecule has 0 bridgehead atoms. The number of anilines is 1. The molecule has 0 unspecified atom stereocenters. The molecule has 1 heterocycles. The number of hydrogen-bond donors (Lipinski definition) is 1. The lowest BCUT2D eigenvalue weighted by atomic mass is 10.2. The Hall–Kier alpha value is -2.45. The normalized spacial score (nSPS) is 10.8. The van der Waals surface area contributed by atoms with E-state index in [0.717, 1.165) is 23.4 Å². The van der Waals surface area contributed by atoms with Gasteiger partial charge >= 0.3 is 6.03 Å². The Balaban J connectivity index is 2.09. The molecule has 8 heteroatoms. The average Bonchev–Trinajstić information content (AvgIpc) is 3.20. The SMILES string of the molecule is CCCCN(Cc1cccn1C)C(=O)CN(CCCOC)C(=O)Nc1ccc(SC)cc1. The van der Waals surface area contributed by atoms with Crippen molar-refractivity contribution < 1.29 is 14.3 Å². The minimum Gasteiger partial charge on any atom is -0.385 e. The van der Waals surface area contributed by atoms with Crippen molar-refractivity contribution in [1.29, 1.82) is 0 Å². The highest BCUT2D eigenvalue weighted by Crippen LogP contribution is 2.18. The van der Waals surface area contributed by atoms with Gasteiger partial charge in [-0.3, -0.25) is 4.79 Å². The second-order valence-corrected chi connectivity index (χ2v) is 8.59. The maximum absolute atomic E-state index is 13.2. The highest BCUT2D eigenvalue weighted by molar-refractivity contribution is 7.98. The zero-order valence-corrected chi connectivity index (χ0v) is 20.5. The number of aromatic nitrogens is 1. The number of aryl methyl sites for hydroxylation is 1. The molecule has 0 fully saturated rings. The van der Waals surface area contributed by atoms with E-state index in [4.69, 9.17) is 4.74 Å². The zero-order valence-electron chi connectivity index (χ0n) is 19.7. The lowest BCUT2D eigenvalue weighted by Gasteiger charge is -2.28. The summed E-state index contributed by atoms with van der Waals surface area (Å²) in [5.74, 6) is -0.0510. The number of benzene rings is 1. The molecular formula is C24H36N4O3S. The third kappa shape index (κ3) is 8.24. The fourth-order valence-electron chi connectivity index (χ4n) is 3.29. The summed E-state index contributed by atoms with van der Waals surface area (Å²) in [5.41, 5.74) is 1.78. The van der Waals surface area contributed by atoms with Crippen LogP contribution in [-0.2, 0) is 23.1 Å². The first-order valence-corrected chi connectivity index (χ1v) is 12.3. The molecule has 1 aromatic carbocycles. The van der Waals surface area contributed by atoms with E-state index >= 15 is 0 Å². The predicted molar refractivity (Wildman–Crippen MR) is 131 cm³/mol. The number of nitrogens with one attached hydrogen (secondary N) is 1. The second-order valence-electron chi connectivity index (χ2n) is 7.71. The number of ether oxygens (including phenoxy) is 1. The molecule has 1 N–H and O–H groups in total. The molecule has 2 aromatic rings. The maximum Gasteiger partial charge on any atom is 0.322 e. The summed E-state index contributed by atoms with van der Waals surface area (Å²) in [6.45, 7) is 4.32. The van der Waals surface area contributed by atoms with Crippen molar-refractivity contribution in [3.05, 3.63) is 48.3 Å². The Morgan fingerprint density at radius 1 is 1.09 bits per heavy atom. The molecule has 0 saturated carbocycles. The molecule has 2 rings (SSSR count). The fourth-order valence-corrected chi connectivity index (χ4v) is 3.70. The smallest absolute Gasteiger partial charge is 0.322 e. The monoisotopic (exact) mass is 460 g/mol. The standard InChI is InChI=1S/C24H36N4O3S/c1-5-6-15-27(18-21-9-7-14-26(21)2)23(29)19-28(16-8-17-31-3)24(30)25-20-10-12-22(32-4)13-11-20/h7,9-14H,5-6,8,15-19H2,1-4H3,(H,25,30). The molecule has 3 amide bonds. The van der Waals surface area contributed by atoms with Gasteiger partial charge in [0, 0.05) is 56.3 Å². The molecule has 7 nitrogen and oxygen atoms in total. The van der Waals surface area contributed by atoms with Crippen molar-refractivity contribution in [2.45, 2.75) is 37.6 Å². The molecule has 0 aliphatic carbocycles. The van der Waals surface area contributed by atoms with Gasteiger partial charge in [-0.1, -0.05) is 13.3 Å². The summed E-state index contributed by atoms with van der Waals surface area (Å²) in [6, 6.07) is 11.4. The van der Waals surface area contributed by atoms with Crippen LogP contribution in [0.2, 0.25) is 0 Å². The van der Waals surface area contributed by atoms with Gasteiger partial charge < -0.3 is 24.4 Å². The average molecular weight is 461 g/mol. The summed E-state index contributed by atoms with van der Waals surface area (Å²) < 4.78 is 7.17. The van der Waals surface area contributed by atoms with Crippen LogP contribution in [0.5, 0.6) is 0 Å². The second kappa shape index (κ2) is 13.9. The van der Waals surface area contributed by atoms with E-state index in [2.05, 4.69) is 12.2 Å². The largest absolute Gasteiger partial charge is 0.385 e. The highest BCUT2D eigenvalue weighted by Gasteiger charge is 2.22. The van der Waals surface area contributed by atoms with Crippen molar-refractivity contribution in [2.24, 2.45) is 7.05 Å². The Kier molecular flexibility index (Phi) is 11.2. The van der Waals surface area contributed by atoms with Gasteiger partial charge in [0.05, 0.1) is 6.54 Å². The van der Waals surface area contributed by atoms with Crippen LogP contribution in [0.15, 0.2) is 47.5 Å². The zero-order chi connectivity index (χ0) is 23.3. The number of rotatable bonds is 13. The molecule has 32 heavy (non-hydrogen) atoms. The molecule has 0 atom stereocenters. The van der Waals surface area contributed by atoms with Gasteiger partial charge in [0.15, 0.2) is 0 Å². The summed E-state index contributed by atoms with van der Waals surface area (Å²) in [5, 5.41) is 2.92. The number of methoxy groups -OCH3 is 1. The topological polar surface area (TPSA) is 66.8 Å². The van der Waals surface area contributed by atoms with Crippen LogP contribution in [-0.4, -0.2) is 65.9 Å². The van der Waals surface area contributed by atoms with Crippen molar-refractivity contribution in [1.82, 2.24) is 14.4 Å². The van der Waals surface area contributed by atoms with Gasteiger partial charge in [-0.25, -0.2) is 4.79 Å². The quantitative estimate of drug-likeness (QED) is 0.354. The molecule has 0 spiro atoms. The Bertz CT molecular complexity index is 838.